The summed E-state index contributed by atoms with van der Waals surface area (Å²) >= 11 is 0. The van der Waals surface area contributed by atoms with E-state index < -0.39 is 16.9 Å². The van der Waals surface area contributed by atoms with Gasteiger partial charge in [-0.3, -0.25) is 9.47 Å². The fourth-order valence-corrected chi connectivity index (χ4v) is 5.42. The number of benzene rings is 3. The van der Waals surface area contributed by atoms with Crippen LogP contribution in [0.15, 0.2) is 79.0 Å². The molecule has 44 heavy (non-hydrogen) atoms. The van der Waals surface area contributed by atoms with Crippen LogP contribution in [-0.4, -0.2) is 64.1 Å². The van der Waals surface area contributed by atoms with Crippen LogP contribution in [0.2, 0.25) is 0 Å². The lowest BCUT2D eigenvalue weighted by molar-refractivity contribution is -0.389. The minimum absolute atomic E-state index is 0.213. The second-order valence-corrected chi connectivity index (χ2v) is 11.1. The van der Waals surface area contributed by atoms with Gasteiger partial charge >= 0.3 is 18.2 Å². The van der Waals surface area contributed by atoms with Gasteiger partial charge in [0, 0.05) is 43.4 Å². The number of nitro groups is 1. The van der Waals surface area contributed by atoms with Gasteiger partial charge in [0.2, 0.25) is 0 Å². The predicted octanol–water partition coefficient (Wildman–Crippen LogP) is 5.91. The Bertz CT molecular complexity index is 1580. The Kier molecular flexibility index (Phi) is 7.80. The van der Waals surface area contributed by atoms with E-state index in [2.05, 4.69) is 43.8 Å². The van der Waals surface area contributed by atoms with Crippen LogP contribution in [0.4, 0.5) is 24.7 Å². The summed E-state index contributed by atoms with van der Waals surface area (Å²) in [6, 6.07) is 22.5. The molecule has 0 aliphatic carbocycles. The predicted molar refractivity (Wildman–Crippen MR) is 156 cm³/mol. The van der Waals surface area contributed by atoms with Crippen molar-refractivity contribution in [3.8, 4) is 28.6 Å². The van der Waals surface area contributed by atoms with Crippen molar-refractivity contribution in [2.45, 2.75) is 32.0 Å². The fourth-order valence-electron chi connectivity index (χ4n) is 5.42. The van der Waals surface area contributed by atoms with Gasteiger partial charge < -0.3 is 29.2 Å². The number of anilines is 1. The molecule has 3 aromatic carbocycles. The molecule has 3 heterocycles. The maximum Gasteiger partial charge on any atom is 0.573 e. The number of hydrogen-bond acceptors (Lipinski definition) is 8. The largest absolute Gasteiger partial charge is 0.573 e. The summed E-state index contributed by atoms with van der Waals surface area (Å²) in [5.41, 5.74) is 3.53. The molecule has 2 aliphatic rings. The highest BCUT2D eigenvalue weighted by Gasteiger charge is 2.41. The molecule has 4 aromatic rings. The van der Waals surface area contributed by atoms with Crippen LogP contribution in [0.25, 0.3) is 11.1 Å². The first-order valence-electron chi connectivity index (χ1n) is 14.1. The number of ether oxygens (including phenoxy) is 3. The summed E-state index contributed by atoms with van der Waals surface area (Å²) in [6.45, 7) is 6.59. The Labute approximate surface area is 251 Å². The monoisotopic (exact) mass is 609 g/mol. The molecule has 0 N–H and O–H groups in total. The number of rotatable bonds is 9. The molecule has 0 radical (unpaired) electrons. The van der Waals surface area contributed by atoms with Gasteiger partial charge in [0.05, 0.1) is 6.54 Å². The molecule has 10 nitrogen and oxygen atoms in total. The average molecular weight is 610 g/mol. The van der Waals surface area contributed by atoms with Crippen molar-refractivity contribution in [3.63, 3.8) is 0 Å². The van der Waals surface area contributed by atoms with Crippen molar-refractivity contribution in [3.05, 3.63) is 94.7 Å². The average Bonchev–Trinajstić information content (AvgIpc) is 3.53. The highest BCUT2D eigenvalue weighted by Crippen LogP contribution is 2.32. The van der Waals surface area contributed by atoms with Gasteiger partial charge in [0.1, 0.15) is 24.3 Å². The number of imidazole rings is 1. The van der Waals surface area contributed by atoms with Crippen molar-refractivity contribution >= 4 is 11.5 Å². The second-order valence-electron chi connectivity index (χ2n) is 11.1. The van der Waals surface area contributed by atoms with Gasteiger partial charge in [-0.2, -0.15) is 0 Å². The third-order valence-corrected chi connectivity index (χ3v) is 7.66. The van der Waals surface area contributed by atoms with Crippen molar-refractivity contribution in [2.24, 2.45) is 0 Å². The van der Waals surface area contributed by atoms with Crippen LogP contribution in [0.5, 0.6) is 17.5 Å². The molecule has 230 valence electrons. The van der Waals surface area contributed by atoms with Gasteiger partial charge in [-0.05, 0) is 64.9 Å². The summed E-state index contributed by atoms with van der Waals surface area (Å²) in [5, 5.41) is 10.9. The van der Waals surface area contributed by atoms with Gasteiger partial charge in [0.25, 0.3) is 0 Å². The number of alkyl halides is 3. The number of aromatic nitrogens is 2. The molecule has 0 amide bonds. The van der Waals surface area contributed by atoms with Crippen molar-refractivity contribution in [2.75, 3.05) is 37.7 Å². The molecule has 1 saturated heterocycles. The molecule has 6 rings (SSSR count). The normalized spacial score (nSPS) is 18.5. The molecule has 1 aromatic heterocycles. The lowest BCUT2D eigenvalue weighted by Crippen LogP contribution is -2.45. The van der Waals surface area contributed by atoms with Gasteiger partial charge in [-0.15, -0.1) is 13.2 Å². The quantitative estimate of drug-likeness (QED) is 0.171. The first-order chi connectivity index (χ1) is 21.0. The maximum atomic E-state index is 12.4. The number of hydrogen-bond donors (Lipinski definition) is 0. The SMILES string of the molecule is C[C@]1(COc2ccc(-c3ccc(N4CCN(Cc5ccc(OC(F)(F)F)cc5)CC4)cc3)cc2)Cn2cc([N+](=O)[O-])nc2O1. The Morgan fingerprint density at radius 1 is 0.932 bits per heavy atom. The zero-order valence-electron chi connectivity index (χ0n) is 23.9. The van der Waals surface area contributed by atoms with Crippen LogP contribution >= 0.6 is 0 Å². The minimum Gasteiger partial charge on any atom is -0.489 e. The van der Waals surface area contributed by atoms with Gasteiger partial charge in [-0.1, -0.05) is 36.4 Å². The molecular formula is C31H30F3N5O5. The van der Waals surface area contributed by atoms with E-state index in [-0.39, 0.29) is 24.2 Å². The highest BCUT2D eigenvalue weighted by atomic mass is 19.4. The van der Waals surface area contributed by atoms with Gasteiger partial charge in [-0.25, -0.2) is 0 Å². The van der Waals surface area contributed by atoms with E-state index >= 15 is 0 Å². The topological polar surface area (TPSA) is 95.1 Å². The second kappa shape index (κ2) is 11.7. The molecule has 0 bridgehead atoms. The first-order valence-corrected chi connectivity index (χ1v) is 14.1. The molecule has 1 atom stereocenters. The highest BCUT2D eigenvalue weighted by molar-refractivity contribution is 5.67. The Morgan fingerprint density at radius 2 is 1.55 bits per heavy atom. The van der Waals surface area contributed by atoms with E-state index in [0.29, 0.717) is 18.8 Å². The van der Waals surface area contributed by atoms with Crippen LogP contribution < -0.4 is 19.1 Å². The third kappa shape index (κ3) is 6.88. The first kappa shape index (κ1) is 29.3. The molecular weight excluding hydrogens is 579 g/mol. The van der Waals surface area contributed by atoms with Crippen LogP contribution in [0, 0.1) is 10.1 Å². The minimum atomic E-state index is -4.69. The van der Waals surface area contributed by atoms with Crippen molar-refractivity contribution in [1.82, 2.24) is 14.5 Å². The van der Waals surface area contributed by atoms with Gasteiger partial charge in [0.15, 0.2) is 5.60 Å². The third-order valence-electron chi connectivity index (χ3n) is 7.66. The lowest BCUT2D eigenvalue weighted by Gasteiger charge is -2.36. The molecule has 1 fully saturated rings. The van der Waals surface area contributed by atoms with E-state index in [1.165, 1.54) is 18.3 Å². The summed E-state index contributed by atoms with van der Waals surface area (Å²) in [5.74, 6) is 0.238. The molecule has 0 saturated carbocycles. The van der Waals surface area contributed by atoms with E-state index in [9.17, 15) is 23.3 Å². The summed E-state index contributed by atoms with van der Waals surface area (Å²) in [4.78, 5) is 18.9. The molecule has 0 spiro atoms. The standard InChI is InChI=1S/C31H30F3N5O5/c1-30(20-38-19-28(39(40)41)35-29(38)44-30)21-42-26-12-6-24(7-13-26)23-4-8-25(9-5-23)37-16-14-36(15-17-37)18-22-2-10-27(11-3-22)43-31(32,33)34/h2-13,19H,14-18,20-21H2,1H3/t30-/m1/s1. The number of piperazine rings is 1. The summed E-state index contributed by atoms with van der Waals surface area (Å²) in [6.07, 6.45) is -3.32. The van der Waals surface area contributed by atoms with E-state index in [1.54, 1.807) is 16.7 Å². The van der Waals surface area contributed by atoms with Crippen LogP contribution in [0.1, 0.15) is 12.5 Å². The fraction of sp³-hybridized carbons (Fsp3) is 0.323. The Balaban J connectivity index is 0.971. The van der Waals surface area contributed by atoms with E-state index in [4.69, 9.17) is 9.47 Å². The summed E-state index contributed by atoms with van der Waals surface area (Å²) < 4.78 is 54.5. The molecule has 13 heteroatoms. The molecule has 0 unspecified atom stereocenters. The zero-order valence-corrected chi connectivity index (χ0v) is 23.9. The zero-order chi connectivity index (χ0) is 30.9. The lowest BCUT2D eigenvalue weighted by atomic mass is 10.0. The molecule has 2 aliphatic heterocycles. The van der Waals surface area contributed by atoms with Crippen molar-refractivity contribution in [1.29, 1.82) is 0 Å². The summed E-state index contributed by atoms with van der Waals surface area (Å²) in [7, 11) is 0. The number of nitrogens with zero attached hydrogens (tertiary/aromatic N) is 5. The Hall–Kier alpha value is -4.78. The smallest absolute Gasteiger partial charge is 0.489 e. The van der Waals surface area contributed by atoms with Crippen LogP contribution in [0.3, 0.4) is 0 Å². The number of halogens is 3. The van der Waals surface area contributed by atoms with Crippen molar-refractivity contribution < 1.29 is 32.3 Å². The number of fused-ring (bicyclic) bond motifs is 1. The Morgan fingerprint density at radius 3 is 2.14 bits per heavy atom. The van der Waals surface area contributed by atoms with E-state index in [0.717, 1.165) is 48.6 Å². The van der Waals surface area contributed by atoms with E-state index in [1.807, 2.05) is 31.2 Å². The maximum absolute atomic E-state index is 12.4. The van der Waals surface area contributed by atoms with Crippen LogP contribution in [-0.2, 0) is 13.1 Å².